The van der Waals surface area contributed by atoms with E-state index < -0.39 is 0 Å². The lowest BCUT2D eigenvalue weighted by molar-refractivity contribution is -0.145. The van der Waals surface area contributed by atoms with E-state index in [-0.39, 0.29) is 21.8 Å². The molecular formula is C11H21NO3Si. The van der Waals surface area contributed by atoms with Crippen LogP contribution in [0.15, 0.2) is 0 Å². The van der Waals surface area contributed by atoms with Crippen LogP contribution in [-0.2, 0) is 14.0 Å². The van der Waals surface area contributed by atoms with E-state index in [1.807, 2.05) is 6.92 Å². The molecule has 16 heavy (non-hydrogen) atoms. The normalized spacial score (nSPS) is 38.1. The van der Waals surface area contributed by atoms with E-state index in [4.69, 9.17) is 9.16 Å². The SMILES string of the molecule is CCOC(=O)C1CC2(CN1)CC(O[SiH2]C)C2. The summed E-state index contributed by atoms with van der Waals surface area (Å²) in [7, 11) is -0.286. The average Bonchev–Trinajstić information content (AvgIpc) is 2.63. The summed E-state index contributed by atoms with van der Waals surface area (Å²) in [6.07, 6.45) is 3.64. The third-order valence-electron chi connectivity index (χ3n) is 3.66. The van der Waals surface area contributed by atoms with Gasteiger partial charge in [-0.3, -0.25) is 4.79 Å². The van der Waals surface area contributed by atoms with E-state index >= 15 is 0 Å². The largest absolute Gasteiger partial charge is 0.465 e. The van der Waals surface area contributed by atoms with Gasteiger partial charge >= 0.3 is 5.97 Å². The Kier molecular flexibility index (Phi) is 3.66. The van der Waals surface area contributed by atoms with Gasteiger partial charge in [-0.1, -0.05) is 6.55 Å². The lowest BCUT2D eigenvalue weighted by atomic mass is 9.65. The highest BCUT2D eigenvalue weighted by Crippen LogP contribution is 2.48. The molecule has 1 aliphatic heterocycles. The molecule has 4 nitrogen and oxygen atoms in total. The zero-order valence-corrected chi connectivity index (χ0v) is 11.5. The predicted molar refractivity (Wildman–Crippen MR) is 64.0 cm³/mol. The Balaban J connectivity index is 1.79. The maximum atomic E-state index is 11.6. The minimum Gasteiger partial charge on any atom is -0.465 e. The van der Waals surface area contributed by atoms with Crippen LogP contribution in [0.2, 0.25) is 6.55 Å². The monoisotopic (exact) mass is 243 g/mol. The molecule has 2 rings (SSSR count). The van der Waals surface area contributed by atoms with Gasteiger partial charge in [0.05, 0.1) is 6.61 Å². The summed E-state index contributed by atoms with van der Waals surface area (Å²) in [4.78, 5) is 11.6. The van der Waals surface area contributed by atoms with Crippen molar-refractivity contribution in [3.05, 3.63) is 0 Å². The highest BCUT2D eigenvalue weighted by atomic mass is 28.2. The molecule has 92 valence electrons. The molecule has 0 aromatic carbocycles. The first kappa shape index (κ1) is 12.1. The first-order chi connectivity index (χ1) is 7.69. The lowest BCUT2D eigenvalue weighted by Gasteiger charge is -2.44. The van der Waals surface area contributed by atoms with Gasteiger partial charge in [-0.05, 0) is 31.6 Å². The minimum absolute atomic E-state index is 0.0835. The van der Waals surface area contributed by atoms with Crippen molar-refractivity contribution >= 4 is 15.7 Å². The van der Waals surface area contributed by atoms with Crippen molar-refractivity contribution in [3.63, 3.8) is 0 Å². The van der Waals surface area contributed by atoms with Crippen LogP contribution in [0.5, 0.6) is 0 Å². The molecule has 1 aliphatic carbocycles. The Labute approximate surface area is 99.0 Å². The van der Waals surface area contributed by atoms with Gasteiger partial charge in [-0.25, -0.2) is 0 Å². The van der Waals surface area contributed by atoms with Crippen molar-refractivity contribution in [2.75, 3.05) is 13.2 Å². The van der Waals surface area contributed by atoms with Crippen LogP contribution >= 0.6 is 0 Å². The van der Waals surface area contributed by atoms with Crippen molar-refractivity contribution in [3.8, 4) is 0 Å². The Bertz CT molecular complexity index is 266. The third-order valence-corrected chi connectivity index (χ3v) is 4.46. The topological polar surface area (TPSA) is 47.6 Å². The van der Waals surface area contributed by atoms with Crippen LogP contribution in [-0.4, -0.2) is 41.0 Å². The summed E-state index contributed by atoms with van der Waals surface area (Å²) >= 11 is 0. The van der Waals surface area contributed by atoms with Crippen molar-refractivity contribution in [2.24, 2.45) is 5.41 Å². The second-order valence-corrected chi connectivity index (χ2v) is 5.79. The number of hydrogen-bond donors (Lipinski definition) is 1. The number of rotatable bonds is 4. The molecule has 2 aliphatic rings. The van der Waals surface area contributed by atoms with E-state index in [0.717, 1.165) is 25.8 Å². The molecule has 1 heterocycles. The lowest BCUT2D eigenvalue weighted by Crippen LogP contribution is -2.44. The number of ether oxygens (including phenoxy) is 1. The second kappa shape index (κ2) is 4.85. The van der Waals surface area contributed by atoms with Crippen molar-refractivity contribution < 1.29 is 14.0 Å². The maximum absolute atomic E-state index is 11.6. The first-order valence-electron chi connectivity index (χ1n) is 6.21. The fourth-order valence-corrected chi connectivity index (χ4v) is 3.60. The number of esters is 1. The Hall–Kier alpha value is -0.393. The van der Waals surface area contributed by atoms with Crippen LogP contribution in [0.1, 0.15) is 26.2 Å². The summed E-state index contributed by atoms with van der Waals surface area (Å²) in [5.74, 6) is -0.0893. The molecule has 1 saturated heterocycles. The third kappa shape index (κ3) is 2.31. The van der Waals surface area contributed by atoms with Crippen molar-refractivity contribution in [1.82, 2.24) is 5.32 Å². The van der Waals surface area contributed by atoms with Gasteiger partial charge < -0.3 is 14.5 Å². The minimum atomic E-state index is -0.286. The summed E-state index contributed by atoms with van der Waals surface area (Å²) in [6, 6.07) is -0.0835. The zero-order chi connectivity index (χ0) is 11.6. The van der Waals surface area contributed by atoms with Crippen LogP contribution in [0.25, 0.3) is 0 Å². The molecule has 0 bridgehead atoms. The van der Waals surface area contributed by atoms with E-state index in [2.05, 4.69) is 11.9 Å². The van der Waals surface area contributed by atoms with Gasteiger partial charge in [0.1, 0.15) is 6.04 Å². The van der Waals surface area contributed by atoms with E-state index in [9.17, 15) is 4.79 Å². The van der Waals surface area contributed by atoms with Crippen LogP contribution in [0, 0.1) is 5.41 Å². The fraction of sp³-hybridized carbons (Fsp3) is 0.909. The summed E-state index contributed by atoms with van der Waals surface area (Å²) in [5, 5.41) is 3.28. The smallest absolute Gasteiger partial charge is 0.323 e. The molecule has 1 unspecified atom stereocenters. The van der Waals surface area contributed by atoms with Gasteiger partial charge in [0.2, 0.25) is 0 Å². The molecule has 1 spiro atoms. The van der Waals surface area contributed by atoms with Gasteiger partial charge in [-0.2, -0.15) is 0 Å². The van der Waals surface area contributed by atoms with Crippen LogP contribution in [0.3, 0.4) is 0 Å². The maximum Gasteiger partial charge on any atom is 0.323 e. The standard InChI is InChI=1S/C11H21NO3Si/c1-3-14-10(13)9-6-11(7-12-9)4-8(5-11)15-16-2/h8-9,12H,3-7,16H2,1-2H3. The quantitative estimate of drug-likeness (QED) is 0.566. The number of carbonyl (C=O) groups excluding carboxylic acids is 1. The first-order valence-corrected chi connectivity index (χ1v) is 8.20. The van der Waals surface area contributed by atoms with Gasteiger partial charge in [0.15, 0.2) is 9.76 Å². The number of hydrogen-bond acceptors (Lipinski definition) is 4. The summed E-state index contributed by atoms with van der Waals surface area (Å²) < 4.78 is 10.7. The average molecular weight is 243 g/mol. The van der Waals surface area contributed by atoms with Gasteiger partial charge in [-0.15, -0.1) is 0 Å². The molecule has 1 N–H and O–H groups in total. The Morgan fingerprint density at radius 2 is 2.25 bits per heavy atom. The highest BCUT2D eigenvalue weighted by molar-refractivity contribution is 6.24. The van der Waals surface area contributed by atoms with Crippen LogP contribution < -0.4 is 5.32 Å². The van der Waals surface area contributed by atoms with Crippen molar-refractivity contribution in [2.45, 2.75) is 44.9 Å². The zero-order valence-electron chi connectivity index (χ0n) is 10.1. The molecule has 1 saturated carbocycles. The highest BCUT2D eigenvalue weighted by Gasteiger charge is 2.50. The number of nitrogens with one attached hydrogen (secondary N) is 1. The van der Waals surface area contributed by atoms with Crippen molar-refractivity contribution in [1.29, 1.82) is 0 Å². The molecule has 0 aromatic rings. The van der Waals surface area contributed by atoms with E-state index in [1.165, 1.54) is 0 Å². The molecular weight excluding hydrogens is 222 g/mol. The second-order valence-electron chi connectivity index (χ2n) is 4.88. The Morgan fingerprint density at radius 3 is 2.88 bits per heavy atom. The number of carbonyl (C=O) groups is 1. The fourth-order valence-electron chi connectivity index (χ4n) is 2.90. The predicted octanol–water partition coefficient (Wildman–Crippen LogP) is 0.209. The molecule has 2 fully saturated rings. The summed E-state index contributed by atoms with van der Waals surface area (Å²) in [6.45, 7) is 5.43. The molecule has 0 aromatic heterocycles. The van der Waals surface area contributed by atoms with Gasteiger partial charge in [0.25, 0.3) is 0 Å². The molecule has 1 atom stereocenters. The van der Waals surface area contributed by atoms with Gasteiger partial charge in [0, 0.05) is 12.6 Å². The molecule has 0 amide bonds. The molecule has 0 radical (unpaired) electrons. The van der Waals surface area contributed by atoms with E-state index in [1.54, 1.807) is 0 Å². The molecule has 5 heteroatoms. The van der Waals surface area contributed by atoms with Crippen LogP contribution in [0.4, 0.5) is 0 Å². The summed E-state index contributed by atoms with van der Waals surface area (Å²) in [5.41, 5.74) is 0.325. The van der Waals surface area contributed by atoms with E-state index in [0.29, 0.717) is 18.1 Å². The Morgan fingerprint density at radius 1 is 1.50 bits per heavy atom.